The Morgan fingerprint density at radius 3 is 2.44 bits per heavy atom. The van der Waals surface area contributed by atoms with Gasteiger partial charge < -0.3 is 0 Å². The van der Waals surface area contributed by atoms with Gasteiger partial charge >= 0.3 is 0 Å². The van der Waals surface area contributed by atoms with E-state index in [4.69, 9.17) is 0 Å². The van der Waals surface area contributed by atoms with Crippen LogP contribution in [0.1, 0.15) is 24.5 Å². The van der Waals surface area contributed by atoms with Crippen LogP contribution in [0.4, 0.5) is 13.2 Å². The van der Waals surface area contributed by atoms with Crippen molar-refractivity contribution >= 4 is 0 Å². The topological polar surface area (TPSA) is 28.7 Å². The lowest BCUT2D eigenvalue weighted by molar-refractivity contribution is -0.0876. The maximum atomic E-state index is 12.8. The number of hydrogen-bond donors (Lipinski definition) is 1. The minimum atomic E-state index is -2.54. The Labute approximate surface area is 102 Å². The van der Waals surface area contributed by atoms with Gasteiger partial charge in [-0.05, 0) is 30.3 Å². The smallest absolute Gasteiger partial charge is 0.249 e. The first-order valence-corrected chi connectivity index (χ1v) is 5.73. The monoisotopic (exact) mass is 252 g/mol. The van der Waals surface area contributed by atoms with Crippen molar-refractivity contribution in [2.45, 2.75) is 24.7 Å². The Kier molecular flexibility index (Phi) is 2.43. The Hall–Kier alpha value is -1.78. The number of nitrogens with one attached hydrogen (secondary N) is 1. The molecule has 5 heteroatoms. The molecule has 0 spiro atoms. The number of halogens is 3. The van der Waals surface area contributed by atoms with Gasteiger partial charge in [-0.1, -0.05) is 0 Å². The van der Waals surface area contributed by atoms with Crippen molar-refractivity contribution < 1.29 is 13.2 Å². The van der Waals surface area contributed by atoms with Gasteiger partial charge in [-0.3, -0.25) is 5.10 Å². The van der Waals surface area contributed by atoms with E-state index in [0.29, 0.717) is 5.69 Å². The SMILES string of the molecule is Fc1ccc(-c2cc(C3CC(F)(F)C3)[nH]n2)cc1. The normalized spacial score (nSPS) is 18.6. The maximum Gasteiger partial charge on any atom is 0.249 e. The molecule has 2 nitrogen and oxygen atoms in total. The summed E-state index contributed by atoms with van der Waals surface area (Å²) in [6, 6.07) is 7.69. The Morgan fingerprint density at radius 1 is 1.17 bits per heavy atom. The molecule has 1 saturated carbocycles. The van der Waals surface area contributed by atoms with Crippen molar-refractivity contribution in [3.05, 3.63) is 41.8 Å². The predicted molar refractivity (Wildman–Crippen MR) is 60.9 cm³/mol. The standard InChI is InChI=1S/C13H11F3N2/c14-10-3-1-8(2-4-10)11-5-12(18-17-11)9-6-13(15,16)7-9/h1-5,9H,6-7H2,(H,17,18). The molecule has 18 heavy (non-hydrogen) atoms. The Balaban J connectivity index is 1.80. The van der Waals surface area contributed by atoms with E-state index >= 15 is 0 Å². The summed E-state index contributed by atoms with van der Waals surface area (Å²) in [5, 5.41) is 6.86. The molecule has 1 heterocycles. The largest absolute Gasteiger partial charge is 0.282 e. The van der Waals surface area contributed by atoms with Crippen LogP contribution in [-0.2, 0) is 0 Å². The van der Waals surface area contributed by atoms with Crippen LogP contribution in [0.2, 0.25) is 0 Å². The molecular weight excluding hydrogens is 241 g/mol. The van der Waals surface area contributed by atoms with Gasteiger partial charge in [0.25, 0.3) is 0 Å². The number of aromatic amines is 1. The van der Waals surface area contributed by atoms with Gasteiger partial charge in [0.05, 0.1) is 5.69 Å². The molecule has 1 aliphatic rings. The van der Waals surface area contributed by atoms with E-state index in [1.54, 1.807) is 18.2 Å². The van der Waals surface area contributed by atoms with E-state index in [1.165, 1.54) is 12.1 Å². The summed E-state index contributed by atoms with van der Waals surface area (Å²) >= 11 is 0. The molecule has 0 bridgehead atoms. The summed E-state index contributed by atoms with van der Waals surface area (Å²) in [6.07, 6.45) is -0.254. The number of benzene rings is 1. The van der Waals surface area contributed by atoms with Crippen LogP contribution in [-0.4, -0.2) is 16.1 Å². The molecule has 0 unspecified atom stereocenters. The number of H-pyrrole nitrogens is 1. The van der Waals surface area contributed by atoms with E-state index in [1.807, 2.05) is 0 Å². The third-order valence-corrected chi connectivity index (χ3v) is 3.27. The minimum Gasteiger partial charge on any atom is -0.282 e. The van der Waals surface area contributed by atoms with Gasteiger partial charge in [-0.25, -0.2) is 13.2 Å². The van der Waals surface area contributed by atoms with Crippen molar-refractivity contribution in [2.24, 2.45) is 0 Å². The molecule has 0 amide bonds. The molecule has 2 aromatic rings. The number of rotatable bonds is 2. The Bertz CT molecular complexity index is 552. The van der Waals surface area contributed by atoms with Gasteiger partial charge in [-0.15, -0.1) is 0 Å². The van der Waals surface area contributed by atoms with Crippen molar-refractivity contribution in [2.75, 3.05) is 0 Å². The first-order valence-electron chi connectivity index (χ1n) is 5.73. The van der Waals surface area contributed by atoms with Gasteiger partial charge in [0.15, 0.2) is 0 Å². The van der Waals surface area contributed by atoms with E-state index in [2.05, 4.69) is 10.2 Å². The van der Waals surface area contributed by atoms with Crippen molar-refractivity contribution in [1.29, 1.82) is 0 Å². The number of alkyl halides is 2. The van der Waals surface area contributed by atoms with Crippen molar-refractivity contribution in [3.63, 3.8) is 0 Å². The fraction of sp³-hybridized carbons (Fsp3) is 0.308. The first-order chi connectivity index (χ1) is 8.53. The van der Waals surface area contributed by atoms with E-state index in [9.17, 15) is 13.2 Å². The van der Waals surface area contributed by atoms with Crippen LogP contribution < -0.4 is 0 Å². The second-order valence-corrected chi connectivity index (χ2v) is 4.68. The van der Waals surface area contributed by atoms with Crippen molar-refractivity contribution in [3.8, 4) is 11.3 Å². The molecule has 0 aliphatic heterocycles. The van der Waals surface area contributed by atoms with Crippen LogP contribution in [0.3, 0.4) is 0 Å². The zero-order valence-corrected chi connectivity index (χ0v) is 9.46. The molecular formula is C13H11F3N2. The predicted octanol–water partition coefficient (Wildman–Crippen LogP) is 3.73. The molecule has 3 rings (SSSR count). The lowest BCUT2D eigenvalue weighted by Crippen LogP contribution is -2.33. The average Bonchev–Trinajstić information content (AvgIpc) is 2.76. The number of aromatic nitrogens is 2. The van der Waals surface area contributed by atoms with Gasteiger partial charge in [0, 0.05) is 30.0 Å². The highest BCUT2D eigenvalue weighted by Gasteiger charge is 2.46. The lowest BCUT2D eigenvalue weighted by Gasteiger charge is -2.33. The van der Waals surface area contributed by atoms with Crippen LogP contribution in [0.15, 0.2) is 30.3 Å². The first kappa shape index (κ1) is 11.3. The fourth-order valence-corrected chi connectivity index (χ4v) is 2.20. The summed E-state index contributed by atoms with van der Waals surface area (Å²) < 4.78 is 38.3. The molecule has 1 aromatic heterocycles. The van der Waals surface area contributed by atoms with Crippen LogP contribution >= 0.6 is 0 Å². The minimum absolute atomic E-state index is 0.127. The van der Waals surface area contributed by atoms with Crippen molar-refractivity contribution in [1.82, 2.24) is 10.2 Å². The summed E-state index contributed by atoms with van der Waals surface area (Å²) in [6.45, 7) is 0. The van der Waals surface area contributed by atoms with E-state index < -0.39 is 5.92 Å². The molecule has 0 radical (unpaired) electrons. The van der Waals surface area contributed by atoms with Gasteiger partial charge in [0.2, 0.25) is 5.92 Å². The molecule has 1 fully saturated rings. The third-order valence-electron chi connectivity index (χ3n) is 3.27. The number of hydrogen-bond acceptors (Lipinski definition) is 1. The van der Waals surface area contributed by atoms with Crippen LogP contribution in [0, 0.1) is 5.82 Å². The van der Waals surface area contributed by atoms with Crippen LogP contribution in [0.5, 0.6) is 0 Å². The molecule has 1 aromatic carbocycles. The maximum absolute atomic E-state index is 12.8. The highest BCUT2D eigenvalue weighted by atomic mass is 19.3. The molecule has 94 valence electrons. The highest BCUT2D eigenvalue weighted by Crippen LogP contribution is 2.48. The van der Waals surface area contributed by atoms with E-state index in [-0.39, 0.29) is 24.6 Å². The summed E-state index contributed by atoms with van der Waals surface area (Å²) in [5.74, 6) is -3.00. The summed E-state index contributed by atoms with van der Waals surface area (Å²) in [5.41, 5.74) is 2.14. The number of nitrogens with zero attached hydrogens (tertiary/aromatic N) is 1. The second kappa shape index (κ2) is 3.86. The summed E-state index contributed by atoms with van der Waals surface area (Å²) in [7, 11) is 0. The second-order valence-electron chi connectivity index (χ2n) is 4.68. The van der Waals surface area contributed by atoms with E-state index in [0.717, 1.165) is 11.3 Å². The molecule has 1 N–H and O–H groups in total. The molecule has 0 atom stereocenters. The van der Waals surface area contributed by atoms with Gasteiger partial charge in [-0.2, -0.15) is 5.10 Å². The van der Waals surface area contributed by atoms with Gasteiger partial charge in [0.1, 0.15) is 5.82 Å². The molecule has 1 aliphatic carbocycles. The Morgan fingerprint density at radius 2 is 1.83 bits per heavy atom. The average molecular weight is 252 g/mol. The fourth-order valence-electron chi connectivity index (χ4n) is 2.20. The third kappa shape index (κ3) is 2.00. The lowest BCUT2D eigenvalue weighted by atomic mass is 9.79. The zero-order valence-electron chi connectivity index (χ0n) is 9.46. The van der Waals surface area contributed by atoms with Crippen LogP contribution in [0.25, 0.3) is 11.3 Å². The summed E-state index contributed by atoms with van der Waals surface area (Å²) in [4.78, 5) is 0. The highest BCUT2D eigenvalue weighted by molar-refractivity contribution is 5.59. The molecule has 0 saturated heterocycles. The zero-order chi connectivity index (χ0) is 12.8. The quantitative estimate of drug-likeness (QED) is 0.866.